The molecule has 1 aromatic carbocycles. The van der Waals surface area contributed by atoms with Gasteiger partial charge in [-0.25, -0.2) is 5.09 Å². The van der Waals surface area contributed by atoms with Crippen LogP contribution in [0.25, 0.3) is 0 Å². The maximum Gasteiger partial charge on any atom is 0.323 e. The van der Waals surface area contributed by atoms with Crippen molar-refractivity contribution in [2.24, 2.45) is 0 Å². The molecule has 750 valence electrons. The van der Waals surface area contributed by atoms with Gasteiger partial charge in [0.25, 0.3) is 0 Å². The molecule has 48 heteroatoms. The van der Waals surface area contributed by atoms with Gasteiger partial charge in [0.1, 0.15) is 119 Å². The lowest BCUT2D eigenvalue weighted by Gasteiger charge is -2.36. The molecule has 9 saturated heterocycles. The summed E-state index contributed by atoms with van der Waals surface area (Å²) in [6, 6.07) is 7.06. The summed E-state index contributed by atoms with van der Waals surface area (Å²) in [5.74, 6) is -8.44. The standard InChI is InChI=1S/C23H31N2O9PS.C15H19NO6.2C14H19NO6.2C11H15NO6/c1-14(2)32-21(29)15(3)24-35(36,34-17-8-6-5-7-9-17)31-13-18-20(28)23(4,30)22(33-18)25-11-10-16(26)12-19(25)27;1-8(17)11-12-15(4,22-14(2,3)21-12)13(20-11)16-6-5-9(18)7-10(16)19;2*1-13(2)20-11-9(7-16)19-12(14(11,3)21-13)15-5-4-8(17)6-10(15)18;2*1-11(17)9(16)7(5-13)18-10(11)12-3-2-6(14)4-8(12)15/h5-11,14-15,18,20,22,28,30H,12-13H2,1-4H3,(H,24,36);5-6,11-13H,7H2,1-4H3;2*4-5,9,11-12,16H,6-7H2,1-3H3;2*2-3,7,9-10,13,16-17H,4-5H2,1H3/t15-,18+,20+,22+,23+,35?;11-,12-,13-,15-;2*9-,11-,12-,14-;2*7-,9-,10-,11-/m011111/s1/i13D2;;7D2;;5D2;. The monoisotopic (exact) mass is 1970 g/mol. The number of Topliss-reactive ketones (excluding diaryl/α,β-unsaturated/α-hetero) is 1. The van der Waals surface area contributed by atoms with Crippen molar-refractivity contribution >= 4 is 100 Å². The molecule has 0 spiro atoms. The van der Waals surface area contributed by atoms with Gasteiger partial charge in [-0.2, -0.15) is 0 Å². The van der Waals surface area contributed by atoms with E-state index in [4.69, 9.17) is 95.8 Å². The van der Waals surface area contributed by atoms with E-state index < -0.39 is 261 Å². The molecule has 0 aromatic heterocycles. The zero-order valence-corrected chi connectivity index (χ0v) is 78.6. The van der Waals surface area contributed by atoms with Crippen molar-refractivity contribution < 1.29 is 197 Å². The molecule has 15 aliphatic heterocycles. The highest BCUT2D eigenvalue weighted by Crippen LogP contribution is 2.53. The van der Waals surface area contributed by atoms with E-state index in [2.05, 4.69) is 5.09 Å². The van der Waals surface area contributed by atoms with Gasteiger partial charge in [-0.1, -0.05) is 18.2 Å². The second-order valence-electron chi connectivity index (χ2n) is 36.6. The number of rotatable bonds is 20. The number of nitrogens with zero attached hydrogens (tertiary/aromatic N) is 6. The first-order chi connectivity index (χ1) is 65.3. The van der Waals surface area contributed by atoms with Crippen LogP contribution in [0.1, 0.15) is 158 Å². The van der Waals surface area contributed by atoms with Gasteiger partial charge in [0.05, 0.1) is 85.7 Å². The fraction of sp³-hybridized carbons (Fsp3) is 0.636. The van der Waals surface area contributed by atoms with E-state index in [-0.39, 0.29) is 78.8 Å². The number of aliphatic hydroxyl groups is 10. The van der Waals surface area contributed by atoms with Crippen molar-refractivity contribution in [2.45, 2.75) is 323 Å². The lowest BCUT2D eigenvalue weighted by atomic mass is 9.94. The van der Waals surface area contributed by atoms with Crippen LogP contribution in [0.3, 0.4) is 0 Å². The van der Waals surface area contributed by atoms with Crippen molar-refractivity contribution in [3.8, 4) is 5.75 Å². The number of benzene rings is 1. The Kier molecular flexibility index (Phi) is 30.1. The van der Waals surface area contributed by atoms with E-state index in [1.807, 2.05) is 0 Å². The average molecular weight is 1970 g/mol. The summed E-state index contributed by atoms with van der Waals surface area (Å²) in [4.78, 5) is 171. The quantitative estimate of drug-likeness (QED) is 0.0383. The minimum absolute atomic E-state index is 0.189. The highest BCUT2D eigenvalue weighted by molar-refractivity contribution is 8.09. The fourth-order valence-corrected chi connectivity index (χ4v) is 19.6. The Balaban J connectivity index is 0.000000166. The Hall–Kier alpha value is -8.87. The molecule has 0 bridgehead atoms. The third kappa shape index (κ3) is 22.9. The predicted octanol–water partition coefficient (Wildman–Crippen LogP) is -1.97. The Labute approximate surface area is 794 Å². The highest BCUT2D eigenvalue weighted by Gasteiger charge is 2.70. The summed E-state index contributed by atoms with van der Waals surface area (Å²) in [5, 5.41) is 102. The number of allylic oxidation sites excluding steroid dienone is 6. The Morgan fingerprint density at radius 1 is 0.441 bits per heavy atom. The van der Waals surface area contributed by atoms with Crippen LogP contribution in [0.4, 0.5) is 0 Å². The van der Waals surface area contributed by atoms with Crippen molar-refractivity contribution in [1.29, 1.82) is 0 Å². The van der Waals surface area contributed by atoms with Crippen molar-refractivity contribution in [1.82, 2.24) is 34.5 Å². The van der Waals surface area contributed by atoms with Crippen molar-refractivity contribution in [3.63, 3.8) is 0 Å². The molecule has 136 heavy (non-hydrogen) atoms. The van der Waals surface area contributed by atoms with Gasteiger partial charge in [0.2, 0.25) is 35.4 Å². The number of para-hydroxylation sites is 1. The number of hydrogen-bond donors (Lipinski definition) is 11. The number of ketones is 7. The van der Waals surface area contributed by atoms with E-state index >= 15 is 0 Å². The van der Waals surface area contributed by atoms with E-state index in [0.29, 0.717) is 0 Å². The molecule has 1 aromatic rings. The molecule has 26 atom stereocenters. The maximum atomic E-state index is 12.4. The predicted molar refractivity (Wildman–Crippen MR) is 461 cm³/mol. The van der Waals surface area contributed by atoms with Gasteiger partial charge >= 0.3 is 12.6 Å². The van der Waals surface area contributed by atoms with Crippen LogP contribution >= 0.6 is 6.64 Å². The number of fused-ring (bicyclic) bond motifs is 3. The lowest BCUT2D eigenvalue weighted by molar-refractivity contribution is -0.223. The molecule has 9 fully saturated rings. The number of nitrogens with one attached hydrogen (secondary N) is 1. The Morgan fingerprint density at radius 3 is 1.06 bits per heavy atom. The first kappa shape index (κ1) is 98.7. The molecule has 16 rings (SSSR count). The minimum Gasteiger partial charge on any atom is -0.462 e. The van der Waals surface area contributed by atoms with Gasteiger partial charge < -0.3 is 122 Å². The first-order valence-electron chi connectivity index (χ1n) is 45.9. The number of ether oxygens (including phenoxy) is 13. The minimum atomic E-state index is -3.91. The number of esters is 1. The summed E-state index contributed by atoms with van der Waals surface area (Å²) in [6.07, 6.45) is -8.28. The third-order valence-corrected chi connectivity index (χ3v) is 25.9. The molecular weight excluding hydrogens is 1840 g/mol. The van der Waals surface area contributed by atoms with Crippen molar-refractivity contribution in [3.05, 3.63) is 104 Å². The highest BCUT2D eigenvalue weighted by atomic mass is 32.5. The van der Waals surface area contributed by atoms with Crippen LogP contribution in [0.5, 0.6) is 5.75 Å². The fourth-order valence-electron chi connectivity index (χ4n) is 17.3. The molecule has 1 unspecified atom stereocenters. The number of amides is 6. The van der Waals surface area contributed by atoms with Crippen LogP contribution < -0.4 is 9.61 Å². The van der Waals surface area contributed by atoms with E-state index in [1.54, 1.807) is 106 Å². The van der Waals surface area contributed by atoms with Gasteiger partial charge in [0, 0.05) is 37.2 Å². The summed E-state index contributed by atoms with van der Waals surface area (Å²) in [7, 11) is 0. The summed E-state index contributed by atoms with van der Waals surface area (Å²) >= 11 is 5.55. The molecule has 15 heterocycles. The molecule has 0 saturated carbocycles. The van der Waals surface area contributed by atoms with Crippen LogP contribution in [0.2, 0.25) is 0 Å². The largest absolute Gasteiger partial charge is 0.462 e. The van der Waals surface area contributed by atoms with E-state index in [9.17, 15) is 113 Å². The molecule has 0 radical (unpaired) electrons. The maximum absolute atomic E-state index is 12.4. The zero-order valence-electron chi connectivity index (χ0n) is 82.9. The van der Waals surface area contributed by atoms with Crippen LogP contribution in [0, 0.1) is 0 Å². The average Bonchev–Trinajstić information content (AvgIpc) is 1.57. The molecule has 15 aliphatic rings. The topological polar surface area (TPSA) is 611 Å². The summed E-state index contributed by atoms with van der Waals surface area (Å²) < 4.78 is 132. The SMILES string of the molecule is CC(=O)[C@H]1O[C@@H](N2C=CC(=O)CC2=O)[C@]2(C)OC(C)(C)O[C@H]12.CC1(C)O[C@@H]2[C@@H](CO)O[C@@H](N3C=CC(=O)CC3=O)[C@]2(C)O1.C[C@@]1(O)[C@H](O)[C@@H](CO)O[C@H]1N1C=CC(=O)CC1=O.[2H]C([2H])(O)[C@H]1O[C@@H](N2C=CC(=O)CC2=O)[C@](C)(O)[C@@H]1O.[2H]C([2H])(O)[C@H]1O[C@@H](N2C=CC(=O)CC2=O)[C@]2(C)OC(C)(C)O[C@H]12.[2H]C([2H])(OP(=S)(N[C@@H](C)C(=O)OC(C)C)Oc1ccccc1)[C@H]1O[C@@H](N2C=CC(=O)CC2=O)[C@](C)(O)[C@@H]1O. The first-order valence-corrected chi connectivity index (χ1v) is 45.6. The van der Waals surface area contributed by atoms with Gasteiger partial charge in [-0.05, 0) is 171 Å². The van der Waals surface area contributed by atoms with Crippen LogP contribution in [0.15, 0.2) is 104 Å². The Morgan fingerprint density at radius 2 is 0.735 bits per heavy atom. The molecule has 46 nitrogen and oxygen atoms in total. The Bertz CT molecular complexity index is 5300. The molecule has 6 amide bonds. The summed E-state index contributed by atoms with van der Waals surface area (Å²) in [5.41, 5.74) is -8.95. The second-order valence-corrected chi connectivity index (χ2v) is 39.7. The summed E-state index contributed by atoms with van der Waals surface area (Å²) in [6.45, 7) is 12.3. The van der Waals surface area contributed by atoms with Crippen LogP contribution in [-0.4, -0.2) is 369 Å². The zero-order chi connectivity index (χ0) is 106. The smallest absolute Gasteiger partial charge is 0.323 e. The van der Waals surface area contributed by atoms with Gasteiger partial charge in [0.15, 0.2) is 95.2 Å². The lowest BCUT2D eigenvalue weighted by Crippen LogP contribution is -2.54. The number of hydrogen-bond acceptors (Lipinski definition) is 40. The molecule has 11 N–H and O–H groups in total. The molecular formula is C88H118N7O39PS. The number of carbonyl (C=O) groups is 14. The van der Waals surface area contributed by atoms with Gasteiger partial charge in [-0.3, -0.25) is 96.5 Å². The normalized spacial score (nSPS) is 38.7. The number of carbonyl (C=O) groups excluding carboxylic acids is 14. The van der Waals surface area contributed by atoms with Gasteiger partial charge in [-0.15, -0.1) is 0 Å². The van der Waals surface area contributed by atoms with Crippen molar-refractivity contribution in [2.75, 3.05) is 32.9 Å². The van der Waals surface area contributed by atoms with E-state index in [1.165, 1.54) is 84.6 Å². The number of aliphatic hydroxyl groups excluding tert-OH is 5. The molecule has 0 aliphatic carbocycles. The second kappa shape index (κ2) is 41.5. The van der Waals surface area contributed by atoms with Crippen LogP contribution in [-0.2, 0) is 145 Å². The van der Waals surface area contributed by atoms with E-state index in [0.717, 1.165) is 53.1 Å². The third-order valence-electron chi connectivity index (χ3n) is 23.7.